The zero-order chi connectivity index (χ0) is 44.0. The summed E-state index contributed by atoms with van der Waals surface area (Å²) in [7, 11) is 0. The maximum Gasteiger partial charge on any atom is 0.407 e. The third-order valence-electron chi connectivity index (χ3n) is 8.92. The highest BCUT2D eigenvalue weighted by atomic mass is 16.6. The number of amides is 1. The van der Waals surface area contributed by atoms with Crippen molar-refractivity contribution in [2.75, 3.05) is 59.4 Å². The van der Waals surface area contributed by atoms with Crippen molar-refractivity contribution in [3.63, 3.8) is 0 Å². The first-order chi connectivity index (χ1) is 27.2. The van der Waals surface area contributed by atoms with Crippen molar-refractivity contribution < 1.29 is 71.5 Å². The van der Waals surface area contributed by atoms with Gasteiger partial charge in [-0.05, 0) is 42.1 Å². The van der Waals surface area contributed by atoms with Crippen molar-refractivity contribution in [2.45, 2.75) is 46.5 Å². The monoisotopic (exact) mass is 815 g/mol. The molecule has 320 valence electrons. The summed E-state index contributed by atoms with van der Waals surface area (Å²) in [6.07, 6.45) is 6.93. The van der Waals surface area contributed by atoms with Crippen LogP contribution >= 0.6 is 0 Å². The van der Waals surface area contributed by atoms with Crippen LogP contribution in [0.3, 0.4) is 0 Å². The summed E-state index contributed by atoms with van der Waals surface area (Å²) in [5, 5.41) is 2.76. The van der Waals surface area contributed by atoms with Gasteiger partial charge < -0.3 is 43.2 Å². The molecule has 0 aliphatic heterocycles. The molecule has 0 aromatic heterocycles. The number of esters is 6. The molecule has 16 nitrogen and oxygen atoms in total. The summed E-state index contributed by atoms with van der Waals surface area (Å²) in [5.41, 5.74) is -3.64. The lowest BCUT2D eigenvalue weighted by molar-refractivity contribution is -0.164. The zero-order valence-electron chi connectivity index (χ0n) is 33.8. The van der Waals surface area contributed by atoms with Crippen LogP contribution in [-0.4, -0.2) is 101 Å². The van der Waals surface area contributed by atoms with Crippen molar-refractivity contribution in [3.8, 4) is 0 Å². The van der Waals surface area contributed by atoms with E-state index in [2.05, 4.69) is 51.4 Å². The quantitative estimate of drug-likeness (QED) is 0.0388. The molecule has 1 rings (SSSR count). The van der Waals surface area contributed by atoms with Crippen LogP contribution in [0.1, 0.15) is 46.5 Å². The third kappa shape index (κ3) is 18.8. The average Bonchev–Trinajstić information content (AvgIpc) is 3.19. The van der Waals surface area contributed by atoms with Gasteiger partial charge >= 0.3 is 41.9 Å². The number of rotatable bonds is 27. The molecular weight excluding hydrogens is 758 g/mol. The van der Waals surface area contributed by atoms with E-state index in [9.17, 15) is 33.6 Å². The molecule has 1 aliphatic rings. The number of alkyl carbamates (subject to hydrolysis) is 1. The summed E-state index contributed by atoms with van der Waals surface area (Å²) in [6.45, 7) is 27.0. The Hall–Kier alpha value is -5.93. The van der Waals surface area contributed by atoms with Crippen LogP contribution in [0.4, 0.5) is 4.79 Å². The molecule has 2 atom stereocenters. The van der Waals surface area contributed by atoms with Crippen molar-refractivity contribution in [1.29, 1.82) is 0 Å². The Kier molecular flexibility index (Phi) is 20.7. The molecule has 2 unspecified atom stereocenters. The molecule has 1 aliphatic carbocycles. The summed E-state index contributed by atoms with van der Waals surface area (Å²) < 4.78 is 42.9. The fourth-order valence-corrected chi connectivity index (χ4v) is 6.43. The number of nitrogens with one attached hydrogen (secondary N) is 1. The fraction of sp³-hybridized carbons (Fsp3) is 0.500. The Labute approximate surface area is 339 Å². The minimum absolute atomic E-state index is 0.00251. The number of ether oxygens (including phenoxy) is 8. The largest absolute Gasteiger partial charge is 0.493 e. The van der Waals surface area contributed by atoms with E-state index in [-0.39, 0.29) is 56.5 Å². The van der Waals surface area contributed by atoms with Gasteiger partial charge in [0.25, 0.3) is 0 Å². The third-order valence-corrected chi connectivity index (χ3v) is 8.92. The maximum absolute atomic E-state index is 13.4. The minimum atomic E-state index is -1.51. The topological polar surface area (TPSA) is 205 Å². The van der Waals surface area contributed by atoms with Crippen molar-refractivity contribution >= 4 is 41.9 Å². The highest BCUT2D eigenvalue weighted by molar-refractivity contribution is 5.83. The van der Waals surface area contributed by atoms with E-state index in [0.29, 0.717) is 19.3 Å². The van der Waals surface area contributed by atoms with Gasteiger partial charge in [-0.3, -0.25) is 4.79 Å². The molecule has 1 amide bonds. The lowest BCUT2D eigenvalue weighted by Gasteiger charge is -2.46. The molecule has 1 N–H and O–H groups in total. The van der Waals surface area contributed by atoms with E-state index in [1.807, 2.05) is 20.8 Å². The highest BCUT2D eigenvalue weighted by Gasteiger charge is 2.43. The predicted molar refractivity (Wildman–Crippen MR) is 210 cm³/mol. The van der Waals surface area contributed by atoms with E-state index in [4.69, 9.17) is 37.9 Å². The molecule has 0 bridgehead atoms. The van der Waals surface area contributed by atoms with E-state index in [0.717, 1.165) is 30.4 Å². The van der Waals surface area contributed by atoms with Crippen LogP contribution in [0.2, 0.25) is 0 Å². The first-order valence-corrected chi connectivity index (χ1v) is 18.2. The van der Waals surface area contributed by atoms with E-state index < -0.39 is 84.6 Å². The van der Waals surface area contributed by atoms with Gasteiger partial charge in [0.1, 0.15) is 69.4 Å². The Morgan fingerprint density at radius 3 is 1.29 bits per heavy atom. The molecule has 0 saturated heterocycles. The smallest absolute Gasteiger partial charge is 0.407 e. The summed E-state index contributed by atoms with van der Waals surface area (Å²) in [6, 6.07) is 0. The Morgan fingerprint density at radius 2 is 0.914 bits per heavy atom. The first-order valence-electron chi connectivity index (χ1n) is 18.2. The SMILES string of the molecule is C=CC(=C)OCC(COC(=O)C=C)(COC(=O)C=C)COC(=O)CC1CC(C)(C)CC(C)(CNC(=O)OCC(COC(=O)C=C)(COC(=O)C=C)COC(=O)C=C)C1. The standard InChI is InChI=1S/C42H57NO15/c1-11-30(7)51-22-41(23-52-32(44)12-2,24-53-33(45)13-3)28-57-37(49)17-31-18-39(8,9)20-40(10,19-31)21-43-38(50)58-29-42(25-54-34(46)14-4,26-55-35(47)15-5)27-56-36(48)16-6/h11-16,31H,1-7,17-29H2,8-10H3,(H,43,50). The molecule has 0 heterocycles. The molecule has 0 aromatic rings. The molecular formula is C42H57NO15. The molecule has 0 aromatic carbocycles. The van der Waals surface area contributed by atoms with Crippen molar-refractivity contribution in [3.05, 3.63) is 88.3 Å². The van der Waals surface area contributed by atoms with Gasteiger partial charge in [-0.2, -0.15) is 0 Å². The van der Waals surface area contributed by atoms with Gasteiger partial charge in [0.2, 0.25) is 0 Å². The van der Waals surface area contributed by atoms with Gasteiger partial charge in [0.05, 0.1) is 0 Å². The van der Waals surface area contributed by atoms with Crippen LogP contribution in [0.15, 0.2) is 88.3 Å². The average molecular weight is 816 g/mol. The normalized spacial score (nSPS) is 17.0. The Balaban J connectivity index is 3.13. The Morgan fingerprint density at radius 1 is 0.552 bits per heavy atom. The second-order valence-corrected chi connectivity index (χ2v) is 15.2. The van der Waals surface area contributed by atoms with Crippen LogP contribution < -0.4 is 5.32 Å². The summed E-state index contributed by atoms with van der Waals surface area (Å²) in [5.74, 6) is -4.56. The Bertz CT molecular complexity index is 1460. The van der Waals surface area contributed by atoms with E-state index in [1.165, 1.54) is 6.08 Å². The van der Waals surface area contributed by atoms with Gasteiger partial charge in [0.15, 0.2) is 0 Å². The second-order valence-electron chi connectivity index (χ2n) is 15.2. The molecule has 0 spiro atoms. The maximum atomic E-state index is 13.4. The summed E-state index contributed by atoms with van der Waals surface area (Å²) in [4.78, 5) is 86.3. The van der Waals surface area contributed by atoms with Crippen molar-refractivity contribution in [2.24, 2.45) is 27.6 Å². The number of carbonyl (C=O) groups is 7. The van der Waals surface area contributed by atoms with Gasteiger partial charge in [0, 0.05) is 43.3 Å². The molecule has 58 heavy (non-hydrogen) atoms. The van der Waals surface area contributed by atoms with E-state index in [1.54, 1.807) is 0 Å². The van der Waals surface area contributed by atoms with Crippen LogP contribution in [-0.2, 0) is 66.7 Å². The lowest BCUT2D eigenvalue weighted by atomic mass is 9.60. The van der Waals surface area contributed by atoms with Gasteiger partial charge in [-0.25, -0.2) is 28.8 Å². The molecule has 0 radical (unpaired) electrons. The van der Waals surface area contributed by atoms with Gasteiger partial charge in [-0.15, -0.1) is 0 Å². The molecule has 1 fully saturated rings. The number of hydrogen-bond donors (Lipinski definition) is 1. The zero-order valence-corrected chi connectivity index (χ0v) is 33.8. The molecule has 16 heteroatoms. The first kappa shape index (κ1) is 50.1. The fourth-order valence-electron chi connectivity index (χ4n) is 6.43. The predicted octanol–water partition coefficient (Wildman–Crippen LogP) is 4.81. The van der Waals surface area contributed by atoms with Gasteiger partial charge in [-0.1, -0.05) is 66.8 Å². The lowest BCUT2D eigenvalue weighted by Crippen LogP contribution is -2.47. The highest BCUT2D eigenvalue weighted by Crippen LogP contribution is 2.49. The minimum Gasteiger partial charge on any atom is -0.493 e. The second kappa shape index (κ2) is 24.0. The number of allylic oxidation sites excluding steroid dienone is 1. The number of carbonyl (C=O) groups excluding carboxylic acids is 7. The van der Waals surface area contributed by atoms with E-state index >= 15 is 0 Å². The molecule has 1 saturated carbocycles. The van der Waals surface area contributed by atoms with Crippen LogP contribution in [0.25, 0.3) is 0 Å². The van der Waals surface area contributed by atoms with Crippen LogP contribution in [0.5, 0.6) is 0 Å². The van der Waals surface area contributed by atoms with Crippen molar-refractivity contribution in [1.82, 2.24) is 5.32 Å². The van der Waals surface area contributed by atoms with Crippen LogP contribution in [0, 0.1) is 27.6 Å². The number of hydrogen-bond acceptors (Lipinski definition) is 15. The summed E-state index contributed by atoms with van der Waals surface area (Å²) >= 11 is 0.